The molecule has 0 saturated heterocycles. The van der Waals surface area contributed by atoms with Gasteiger partial charge in [-0.05, 0) is 49.7 Å². The molecule has 0 fully saturated rings. The number of ether oxygens (including phenoxy) is 1. The quantitative estimate of drug-likeness (QED) is 0.457. The number of benzene rings is 1. The molecule has 1 aromatic carbocycles. The Hall–Kier alpha value is -2.06. The number of hydrogen-bond donors (Lipinski definition) is 2. The minimum absolute atomic E-state index is 0.257. The summed E-state index contributed by atoms with van der Waals surface area (Å²) in [5, 5.41) is 5.70. The highest BCUT2D eigenvalue weighted by molar-refractivity contribution is 7.18. The van der Waals surface area contributed by atoms with Crippen molar-refractivity contribution >= 4 is 69.1 Å². The number of carbonyl (C=O) groups is 2. The molecule has 0 saturated carbocycles. The van der Waals surface area contributed by atoms with Crippen LogP contribution < -0.4 is 15.4 Å². The van der Waals surface area contributed by atoms with Gasteiger partial charge in [-0.1, -0.05) is 23.2 Å². The van der Waals surface area contributed by atoms with Gasteiger partial charge in [0, 0.05) is 11.8 Å². The van der Waals surface area contributed by atoms with Crippen LogP contribution in [-0.4, -0.2) is 18.4 Å². The first-order chi connectivity index (χ1) is 13.4. The third-order valence-electron chi connectivity index (χ3n) is 3.72. The molecule has 0 atom stereocenters. The zero-order valence-electron chi connectivity index (χ0n) is 15.0. The van der Waals surface area contributed by atoms with Gasteiger partial charge in [0.2, 0.25) is 0 Å². The lowest BCUT2D eigenvalue weighted by molar-refractivity contribution is 0.102. The van der Waals surface area contributed by atoms with E-state index in [1.807, 2.05) is 13.8 Å². The minimum Gasteiger partial charge on any atom is -0.492 e. The lowest BCUT2D eigenvalue weighted by Crippen LogP contribution is -2.14. The maximum Gasteiger partial charge on any atom is 0.265 e. The number of rotatable bonds is 6. The highest BCUT2D eigenvalue weighted by Gasteiger charge is 2.16. The summed E-state index contributed by atoms with van der Waals surface area (Å²) in [5.74, 6) is -0.0710. The minimum atomic E-state index is -0.276. The molecule has 0 bridgehead atoms. The Morgan fingerprint density at radius 1 is 0.929 bits per heavy atom. The molecular formula is C19H16Cl2N2O3S2. The molecule has 0 aliphatic rings. The number of aryl methyl sites for hydroxylation is 1. The summed E-state index contributed by atoms with van der Waals surface area (Å²) < 4.78 is 6.74. The highest BCUT2D eigenvalue weighted by Crippen LogP contribution is 2.33. The number of amides is 2. The van der Waals surface area contributed by atoms with Crippen molar-refractivity contribution < 1.29 is 14.3 Å². The number of nitrogens with one attached hydrogen (secondary N) is 2. The molecular weight excluding hydrogens is 439 g/mol. The Morgan fingerprint density at radius 2 is 1.46 bits per heavy atom. The maximum atomic E-state index is 12.4. The van der Waals surface area contributed by atoms with E-state index in [9.17, 15) is 9.59 Å². The van der Waals surface area contributed by atoms with Crippen LogP contribution in [0.15, 0.2) is 36.4 Å². The lowest BCUT2D eigenvalue weighted by Gasteiger charge is -2.16. The fourth-order valence-electron chi connectivity index (χ4n) is 2.44. The van der Waals surface area contributed by atoms with E-state index in [1.165, 1.54) is 22.7 Å². The fourth-order valence-corrected chi connectivity index (χ4v) is 4.31. The summed E-state index contributed by atoms with van der Waals surface area (Å²) in [7, 11) is 0. The highest BCUT2D eigenvalue weighted by atomic mass is 35.5. The molecule has 5 nitrogen and oxygen atoms in total. The second kappa shape index (κ2) is 8.96. The van der Waals surface area contributed by atoms with Gasteiger partial charge in [0.15, 0.2) is 0 Å². The molecule has 2 N–H and O–H groups in total. The molecule has 0 aliphatic carbocycles. The van der Waals surface area contributed by atoms with Crippen LogP contribution in [0, 0.1) is 6.92 Å². The zero-order chi connectivity index (χ0) is 20.3. The molecule has 3 rings (SSSR count). The van der Waals surface area contributed by atoms with Crippen molar-refractivity contribution in [3.63, 3.8) is 0 Å². The van der Waals surface area contributed by atoms with Crippen LogP contribution in [0.4, 0.5) is 11.4 Å². The number of halogens is 2. The van der Waals surface area contributed by atoms with Crippen LogP contribution in [0.5, 0.6) is 5.75 Å². The topological polar surface area (TPSA) is 67.4 Å². The van der Waals surface area contributed by atoms with Crippen LogP contribution >= 0.6 is 45.9 Å². The van der Waals surface area contributed by atoms with E-state index in [4.69, 9.17) is 27.9 Å². The molecule has 146 valence electrons. The maximum absolute atomic E-state index is 12.4. The lowest BCUT2D eigenvalue weighted by atomic mass is 10.1. The SMILES string of the molecule is CCOc1cc(NC(=O)c2ccc(Cl)s2)c(C)cc1NC(=O)c1ccc(Cl)s1. The van der Waals surface area contributed by atoms with Gasteiger partial charge < -0.3 is 15.4 Å². The standard InChI is InChI=1S/C19H16Cl2N2O3S2/c1-3-26-13-9-11(22-18(24)14-4-6-16(20)27-14)10(2)8-12(13)23-19(25)15-5-7-17(21)28-15/h4-9H,3H2,1-2H3,(H,22,24)(H,23,25). The molecule has 0 spiro atoms. The van der Waals surface area contributed by atoms with Crippen LogP contribution in [0.3, 0.4) is 0 Å². The normalized spacial score (nSPS) is 10.6. The van der Waals surface area contributed by atoms with Gasteiger partial charge in [0.25, 0.3) is 11.8 Å². The summed E-state index contributed by atoms with van der Waals surface area (Å²) in [6.45, 7) is 4.09. The van der Waals surface area contributed by atoms with Crippen LogP contribution in [0.1, 0.15) is 31.8 Å². The summed E-state index contributed by atoms with van der Waals surface area (Å²) in [6, 6.07) is 10.1. The molecule has 9 heteroatoms. The molecule has 2 aromatic heterocycles. The van der Waals surface area contributed by atoms with Crippen LogP contribution in [-0.2, 0) is 0 Å². The number of anilines is 2. The third kappa shape index (κ3) is 4.86. The second-order valence-electron chi connectivity index (χ2n) is 5.71. The van der Waals surface area contributed by atoms with Crippen molar-refractivity contribution in [2.24, 2.45) is 0 Å². The molecule has 28 heavy (non-hydrogen) atoms. The van der Waals surface area contributed by atoms with Gasteiger partial charge in [-0.25, -0.2) is 0 Å². The monoisotopic (exact) mass is 454 g/mol. The van der Waals surface area contributed by atoms with Crippen molar-refractivity contribution in [3.05, 3.63) is 60.4 Å². The van der Waals surface area contributed by atoms with Gasteiger partial charge in [-0.15, -0.1) is 22.7 Å². The van der Waals surface area contributed by atoms with E-state index >= 15 is 0 Å². The van der Waals surface area contributed by atoms with Crippen LogP contribution in [0.2, 0.25) is 8.67 Å². The van der Waals surface area contributed by atoms with E-state index in [-0.39, 0.29) is 11.8 Å². The Morgan fingerprint density at radius 3 is 1.93 bits per heavy atom. The molecule has 0 radical (unpaired) electrons. The largest absolute Gasteiger partial charge is 0.492 e. The molecule has 0 unspecified atom stereocenters. The average molecular weight is 455 g/mol. The molecule has 3 aromatic rings. The molecule has 2 amide bonds. The first-order valence-electron chi connectivity index (χ1n) is 8.28. The number of carbonyl (C=O) groups excluding carboxylic acids is 2. The first-order valence-corrected chi connectivity index (χ1v) is 10.7. The number of thiophene rings is 2. The number of hydrogen-bond acceptors (Lipinski definition) is 5. The van der Waals surface area contributed by atoms with Gasteiger partial charge in [0.05, 0.1) is 30.7 Å². The van der Waals surface area contributed by atoms with Crippen molar-refractivity contribution in [2.75, 3.05) is 17.2 Å². The van der Waals surface area contributed by atoms with Gasteiger partial charge in [-0.3, -0.25) is 9.59 Å². The first kappa shape index (κ1) is 20.7. The predicted molar refractivity (Wildman–Crippen MR) is 117 cm³/mol. The summed E-state index contributed by atoms with van der Waals surface area (Å²) in [5.41, 5.74) is 1.89. The fraction of sp³-hybridized carbons (Fsp3) is 0.158. The summed E-state index contributed by atoms with van der Waals surface area (Å²) in [6.07, 6.45) is 0. The van der Waals surface area contributed by atoms with E-state index in [0.29, 0.717) is 42.2 Å². The molecule has 2 heterocycles. The van der Waals surface area contributed by atoms with Crippen LogP contribution in [0.25, 0.3) is 0 Å². The third-order valence-corrected chi connectivity index (χ3v) is 6.18. The van der Waals surface area contributed by atoms with Crippen molar-refractivity contribution in [3.8, 4) is 5.75 Å². The van der Waals surface area contributed by atoms with Gasteiger partial charge in [0.1, 0.15) is 5.75 Å². The van der Waals surface area contributed by atoms with Crippen molar-refractivity contribution in [1.29, 1.82) is 0 Å². The zero-order valence-corrected chi connectivity index (χ0v) is 18.1. The second-order valence-corrected chi connectivity index (χ2v) is 9.14. The van der Waals surface area contributed by atoms with E-state index in [2.05, 4.69) is 10.6 Å². The Balaban J connectivity index is 1.84. The van der Waals surface area contributed by atoms with E-state index < -0.39 is 0 Å². The Labute approximate surface area is 180 Å². The van der Waals surface area contributed by atoms with E-state index in [1.54, 1.807) is 36.4 Å². The molecule has 0 aliphatic heterocycles. The Bertz CT molecular complexity index is 1030. The average Bonchev–Trinajstić information content (AvgIpc) is 3.27. The van der Waals surface area contributed by atoms with Gasteiger partial charge in [-0.2, -0.15) is 0 Å². The smallest absolute Gasteiger partial charge is 0.265 e. The predicted octanol–water partition coefficient (Wildman–Crippen LogP) is 6.33. The van der Waals surface area contributed by atoms with Crippen molar-refractivity contribution in [1.82, 2.24) is 0 Å². The van der Waals surface area contributed by atoms with Gasteiger partial charge >= 0.3 is 0 Å². The summed E-state index contributed by atoms with van der Waals surface area (Å²) >= 11 is 14.2. The van der Waals surface area contributed by atoms with E-state index in [0.717, 1.165) is 5.56 Å². The van der Waals surface area contributed by atoms with Crippen molar-refractivity contribution in [2.45, 2.75) is 13.8 Å². The Kier molecular flexibility index (Phi) is 6.61. The summed E-state index contributed by atoms with van der Waals surface area (Å²) in [4.78, 5) is 25.9.